The Kier molecular flexibility index (Phi) is 7.57. The number of nitriles is 1. The average molecular weight is 460 g/mol. The normalized spacial score (nSPS) is 18.9. The number of rotatable bonds is 6. The summed E-state index contributed by atoms with van der Waals surface area (Å²) in [6, 6.07) is 2.05. The van der Waals surface area contributed by atoms with E-state index in [1.807, 2.05) is 6.08 Å². The Morgan fingerprint density at radius 2 is 1.84 bits per heavy atom. The molecule has 2 saturated heterocycles. The summed E-state index contributed by atoms with van der Waals surface area (Å²) >= 11 is 6.76. The Hall–Kier alpha value is -2.15. The number of pyridine rings is 1. The first kappa shape index (κ1) is 23.5. The Balaban J connectivity index is 2.07. The number of aromatic nitrogens is 1. The summed E-state index contributed by atoms with van der Waals surface area (Å²) < 4.78 is 2.11. The van der Waals surface area contributed by atoms with Crippen LogP contribution in [0.1, 0.15) is 42.9 Å². The van der Waals surface area contributed by atoms with Crippen LogP contribution in [0.5, 0.6) is 0 Å². The van der Waals surface area contributed by atoms with Crippen LogP contribution >= 0.6 is 24.0 Å². The number of carbonyl (C=O) groups is 1. The summed E-state index contributed by atoms with van der Waals surface area (Å²) in [6.07, 6.45) is 4.87. The van der Waals surface area contributed by atoms with Crippen molar-refractivity contribution in [3.8, 4) is 6.07 Å². The average Bonchev–Trinajstić information content (AvgIpc) is 3.01. The predicted molar refractivity (Wildman–Crippen MR) is 130 cm³/mol. The van der Waals surface area contributed by atoms with Gasteiger partial charge >= 0.3 is 0 Å². The molecule has 0 spiro atoms. The number of likely N-dealkylation sites (N-methyl/N-ethyl adjacent to an activating group) is 1. The number of hydrogen-bond donors (Lipinski definition) is 0. The molecule has 2 fully saturated rings. The highest BCUT2D eigenvalue weighted by molar-refractivity contribution is 8.26. The Morgan fingerprint density at radius 3 is 2.45 bits per heavy atom. The van der Waals surface area contributed by atoms with Gasteiger partial charge in [0.1, 0.15) is 21.8 Å². The van der Waals surface area contributed by atoms with E-state index in [2.05, 4.69) is 29.8 Å². The quantitative estimate of drug-likeness (QED) is 0.368. The molecule has 0 unspecified atom stereocenters. The standard InChI is InChI=1S/C22H29N5O2S2/c1-5-6-7-8-27-21(29)18(31-22(27)30)13-16-15(2)17(14-23)20(28)25(4)19(16)26-11-9-24(3)10-12-26/h13H,5-12H2,1-4H3. The highest BCUT2D eigenvalue weighted by atomic mass is 32.2. The molecule has 1 aromatic heterocycles. The molecule has 0 saturated carbocycles. The van der Waals surface area contributed by atoms with Crippen molar-refractivity contribution < 1.29 is 4.79 Å². The van der Waals surface area contributed by atoms with Crippen LogP contribution in [-0.4, -0.2) is 64.4 Å². The number of nitrogens with zero attached hydrogens (tertiary/aromatic N) is 5. The number of piperazine rings is 1. The third-order valence-electron chi connectivity index (χ3n) is 5.91. The van der Waals surface area contributed by atoms with Crippen molar-refractivity contribution in [3.63, 3.8) is 0 Å². The molecule has 7 nitrogen and oxygen atoms in total. The van der Waals surface area contributed by atoms with Crippen LogP contribution in [0.4, 0.5) is 5.82 Å². The smallest absolute Gasteiger partial charge is 0.270 e. The van der Waals surface area contributed by atoms with Crippen LogP contribution in [0.25, 0.3) is 6.08 Å². The molecule has 0 atom stereocenters. The maximum Gasteiger partial charge on any atom is 0.270 e. The van der Waals surface area contributed by atoms with E-state index in [-0.39, 0.29) is 17.0 Å². The second kappa shape index (κ2) is 9.98. The fraction of sp³-hybridized carbons (Fsp3) is 0.545. The van der Waals surface area contributed by atoms with Gasteiger partial charge in [0.2, 0.25) is 0 Å². The minimum atomic E-state index is -0.307. The molecule has 1 aromatic rings. The van der Waals surface area contributed by atoms with Crippen molar-refractivity contribution in [2.24, 2.45) is 7.05 Å². The van der Waals surface area contributed by atoms with E-state index in [0.29, 0.717) is 21.3 Å². The third kappa shape index (κ3) is 4.71. The number of amides is 1. The highest BCUT2D eigenvalue weighted by Crippen LogP contribution is 2.36. The van der Waals surface area contributed by atoms with Gasteiger partial charge in [-0.2, -0.15) is 5.26 Å². The van der Waals surface area contributed by atoms with Crippen molar-refractivity contribution in [2.45, 2.75) is 33.1 Å². The number of unbranched alkanes of at least 4 members (excludes halogenated alkanes) is 2. The molecule has 0 aromatic carbocycles. The minimum Gasteiger partial charge on any atom is -0.355 e. The molecule has 0 aliphatic carbocycles. The molecule has 0 bridgehead atoms. The fourth-order valence-electron chi connectivity index (χ4n) is 3.96. The van der Waals surface area contributed by atoms with Gasteiger partial charge < -0.3 is 9.80 Å². The lowest BCUT2D eigenvalue weighted by atomic mass is 10.0. The number of anilines is 1. The first-order chi connectivity index (χ1) is 14.8. The summed E-state index contributed by atoms with van der Waals surface area (Å²) in [4.78, 5) is 32.5. The fourth-order valence-corrected chi connectivity index (χ4v) is 5.25. The van der Waals surface area contributed by atoms with Gasteiger partial charge in [0.05, 0.1) is 4.91 Å². The number of thioether (sulfide) groups is 1. The van der Waals surface area contributed by atoms with E-state index >= 15 is 0 Å². The van der Waals surface area contributed by atoms with Crippen molar-refractivity contribution >= 4 is 46.1 Å². The van der Waals surface area contributed by atoms with Gasteiger partial charge in [0.25, 0.3) is 11.5 Å². The van der Waals surface area contributed by atoms with Gasteiger partial charge in [-0.15, -0.1) is 0 Å². The second-order valence-electron chi connectivity index (χ2n) is 8.04. The summed E-state index contributed by atoms with van der Waals surface area (Å²) in [6.45, 7) is 7.84. The summed E-state index contributed by atoms with van der Waals surface area (Å²) in [5, 5.41) is 9.60. The van der Waals surface area contributed by atoms with Crippen LogP contribution in [0, 0.1) is 18.3 Å². The van der Waals surface area contributed by atoms with Crippen LogP contribution in [0.3, 0.4) is 0 Å². The van der Waals surface area contributed by atoms with Gasteiger partial charge in [0, 0.05) is 45.3 Å². The molecule has 31 heavy (non-hydrogen) atoms. The molecule has 3 rings (SSSR count). The molecule has 2 aliphatic heterocycles. The molecular weight excluding hydrogens is 430 g/mol. The number of hydrogen-bond acceptors (Lipinski definition) is 7. The van der Waals surface area contributed by atoms with E-state index in [0.717, 1.165) is 56.8 Å². The van der Waals surface area contributed by atoms with Gasteiger partial charge in [-0.3, -0.25) is 19.1 Å². The zero-order chi connectivity index (χ0) is 22.7. The van der Waals surface area contributed by atoms with Crippen molar-refractivity contribution in [1.29, 1.82) is 5.26 Å². The summed E-state index contributed by atoms with van der Waals surface area (Å²) in [7, 11) is 3.77. The van der Waals surface area contributed by atoms with Crippen LogP contribution < -0.4 is 10.5 Å². The highest BCUT2D eigenvalue weighted by Gasteiger charge is 2.33. The Bertz CT molecular complexity index is 1020. The molecule has 0 N–H and O–H groups in total. The topological polar surface area (TPSA) is 72.6 Å². The lowest BCUT2D eigenvalue weighted by Crippen LogP contribution is -2.46. The van der Waals surface area contributed by atoms with E-state index in [1.54, 1.807) is 23.4 Å². The third-order valence-corrected chi connectivity index (χ3v) is 7.28. The molecule has 9 heteroatoms. The lowest BCUT2D eigenvalue weighted by Gasteiger charge is -2.36. The predicted octanol–water partition coefficient (Wildman–Crippen LogP) is 2.71. The number of thiocarbonyl (C=S) groups is 1. The van der Waals surface area contributed by atoms with Crippen molar-refractivity contribution in [1.82, 2.24) is 14.4 Å². The lowest BCUT2D eigenvalue weighted by molar-refractivity contribution is -0.122. The van der Waals surface area contributed by atoms with E-state index in [9.17, 15) is 14.9 Å². The molecule has 166 valence electrons. The molecule has 3 heterocycles. The van der Waals surface area contributed by atoms with Gasteiger partial charge in [-0.05, 0) is 32.0 Å². The van der Waals surface area contributed by atoms with Crippen molar-refractivity contribution in [3.05, 3.63) is 31.9 Å². The largest absolute Gasteiger partial charge is 0.355 e. The monoisotopic (exact) mass is 459 g/mol. The minimum absolute atomic E-state index is 0.0952. The summed E-state index contributed by atoms with van der Waals surface area (Å²) in [5.41, 5.74) is 1.16. The SMILES string of the molecule is CCCCCN1C(=O)C(=Cc2c(C)c(C#N)c(=O)n(C)c2N2CCN(C)CC2)SC1=S. The first-order valence-electron chi connectivity index (χ1n) is 10.6. The zero-order valence-electron chi connectivity index (χ0n) is 18.6. The Morgan fingerprint density at radius 1 is 1.16 bits per heavy atom. The van der Waals surface area contributed by atoms with Gasteiger partial charge in [-0.1, -0.05) is 43.7 Å². The molecule has 0 radical (unpaired) electrons. The zero-order valence-corrected chi connectivity index (χ0v) is 20.2. The maximum absolute atomic E-state index is 13.1. The summed E-state index contributed by atoms with van der Waals surface area (Å²) in [5.74, 6) is 0.660. The van der Waals surface area contributed by atoms with Crippen LogP contribution in [0.15, 0.2) is 9.70 Å². The van der Waals surface area contributed by atoms with Crippen LogP contribution in [0.2, 0.25) is 0 Å². The Labute approximate surface area is 193 Å². The molecular formula is C22H29N5O2S2. The first-order valence-corrected chi connectivity index (χ1v) is 11.8. The van der Waals surface area contributed by atoms with E-state index < -0.39 is 0 Å². The molecule has 2 aliphatic rings. The van der Waals surface area contributed by atoms with Gasteiger partial charge in [-0.25, -0.2) is 0 Å². The van der Waals surface area contributed by atoms with Crippen LogP contribution in [-0.2, 0) is 11.8 Å². The molecule has 1 amide bonds. The van der Waals surface area contributed by atoms with E-state index in [1.165, 1.54) is 11.8 Å². The number of carbonyl (C=O) groups excluding carboxylic acids is 1. The van der Waals surface area contributed by atoms with E-state index in [4.69, 9.17) is 12.2 Å². The second-order valence-corrected chi connectivity index (χ2v) is 9.72. The maximum atomic E-state index is 13.1. The van der Waals surface area contributed by atoms with Gasteiger partial charge in [0.15, 0.2) is 0 Å². The van der Waals surface area contributed by atoms with Crippen molar-refractivity contribution in [2.75, 3.05) is 44.7 Å².